The Morgan fingerprint density at radius 2 is 1.92 bits per heavy atom. The van der Waals surface area contributed by atoms with Gasteiger partial charge in [0.05, 0.1) is 6.61 Å². The van der Waals surface area contributed by atoms with Gasteiger partial charge in [0, 0.05) is 26.8 Å². The van der Waals surface area contributed by atoms with Crippen LogP contribution in [0.1, 0.15) is 0 Å². The summed E-state index contributed by atoms with van der Waals surface area (Å²) in [6, 6.07) is 5.34. The third-order valence-electron chi connectivity index (χ3n) is 3.93. The summed E-state index contributed by atoms with van der Waals surface area (Å²) < 4.78 is 11.0. The second kappa shape index (κ2) is 6.94. The number of aliphatic hydroxyl groups is 4. The van der Waals surface area contributed by atoms with Gasteiger partial charge in [-0.05, 0) is 34.7 Å². The van der Waals surface area contributed by atoms with E-state index in [1.807, 2.05) is 22.6 Å². The molecule has 2 aromatic rings. The predicted molar refractivity (Wildman–Crippen MR) is 92.6 cm³/mol. The minimum atomic E-state index is -1.43. The molecule has 1 aliphatic heterocycles. The zero-order chi connectivity index (χ0) is 17.4. The van der Waals surface area contributed by atoms with Gasteiger partial charge in [0.1, 0.15) is 29.9 Å². The molecule has 2 heterocycles. The molecule has 1 fully saturated rings. The number of hydrogen-bond donors (Lipinski definition) is 5. The molecule has 0 bridgehead atoms. The van der Waals surface area contributed by atoms with Gasteiger partial charge in [-0.2, -0.15) is 0 Å². The van der Waals surface area contributed by atoms with Crippen LogP contribution in [0.2, 0.25) is 0 Å². The molecular formula is C15H16INO7. The van der Waals surface area contributed by atoms with Gasteiger partial charge in [-0.15, -0.1) is 0 Å². The molecule has 3 unspecified atom stereocenters. The number of benzene rings is 1. The maximum absolute atomic E-state index is 11.5. The van der Waals surface area contributed by atoms with E-state index >= 15 is 0 Å². The molecule has 130 valence electrons. The summed E-state index contributed by atoms with van der Waals surface area (Å²) in [6.07, 6.45) is -5.21. The zero-order valence-corrected chi connectivity index (χ0v) is 14.5. The van der Waals surface area contributed by atoms with E-state index in [-0.39, 0.29) is 0 Å². The fraction of sp³-hybridized carbons (Fsp3) is 0.400. The first kappa shape index (κ1) is 17.6. The number of halogens is 1. The van der Waals surface area contributed by atoms with Crippen molar-refractivity contribution in [1.82, 2.24) is 0 Å². The maximum Gasteiger partial charge on any atom is 0.337 e. The van der Waals surface area contributed by atoms with Gasteiger partial charge in [-0.1, -0.05) is 0 Å². The van der Waals surface area contributed by atoms with Crippen LogP contribution in [0.25, 0.3) is 11.0 Å². The van der Waals surface area contributed by atoms with Gasteiger partial charge in [0.2, 0.25) is 0 Å². The fourth-order valence-electron chi connectivity index (χ4n) is 2.66. The van der Waals surface area contributed by atoms with Crippen molar-refractivity contribution in [2.75, 3.05) is 11.9 Å². The Morgan fingerprint density at radius 3 is 2.62 bits per heavy atom. The summed E-state index contributed by atoms with van der Waals surface area (Å²) in [7, 11) is 0. The zero-order valence-electron chi connectivity index (χ0n) is 12.3. The lowest BCUT2D eigenvalue weighted by Crippen LogP contribution is -2.61. The molecule has 24 heavy (non-hydrogen) atoms. The minimum Gasteiger partial charge on any atom is -0.423 e. The summed E-state index contributed by atoms with van der Waals surface area (Å²) in [5.74, 6) is 0. The number of hydrogen-bond acceptors (Lipinski definition) is 8. The van der Waals surface area contributed by atoms with Crippen molar-refractivity contribution in [2.24, 2.45) is 0 Å². The van der Waals surface area contributed by atoms with Crippen molar-refractivity contribution >= 4 is 39.2 Å². The monoisotopic (exact) mass is 449 g/mol. The molecule has 1 aromatic heterocycles. The molecule has 9 heteroatoms. The first-order valence-electron chi connectivity index (χ1n) is 7.21. The van der Waals surface area contributed by atoms with Gasteiger partial charge < -0.3 is 34.9 Å². The Bertz CT molecular complexity index is 795. The smallest absolute Gasteiger partial charge is 0.337 e. The second-order valence-electron chi connectivity index (χ2n) is 5.52. The number of ether oxygens (including phenoxy) is 1. The third kappa shape index (κ3) is 3.27. The van der Waals surface area contributed by atoms with Crippen molar-refractivity contribution in [3.05, 3.63) is 38.3 Å². The lowest BCUT2D eigenvalue weighted by Gasteiger charge is -2.40. The molecule has 0 amide bonds. The highest BCUT2D eigenvalue weighted by Crippen LogP contribution is 2.26. The Morgan fingerprint density at radius 1 is 1.17 bits per heavy atom. The highest BCUT2D eigenvalue weighted by Gasteiger charge is 2.43. The molecule has 8 nitrogen and oxygen atoms in total. The largest absolute Gasteiger partial charge is 0.423 e. The molecule has 5 atom stereocenters. The summed E-state index contributed by atoms with van der Waals surface area (Å²) in [5, 5.41) is 42.7. The topological polar surface area (TPSA) is 132 Å². The number of fused-ring (bicyclic) bond motifs is 1. The van der Waals surface area contributed by atoms with Gasteiger partial charge >= 0.3 is 5.63 Å². The SMILES string of the molecule is O=c1cc(I)c2ccc(NC3C(O)OC(CO)[C@@H](O)[C@@H]3O)cc2o1. The molecule has 3 rings (SSSR count). The fourth-order valence-corrected chi connectivity index (χ4v) is 3.36. The van der Waals surface area contributed by atoms with Gasteiger partial charge in [-0.3, -0.25) is 0 Å². The van der Waals surface area contributed by atoms with E-state index < -0.39 is 42.9 Å². The lowest BCUT2D eigenvalue weighted by molar-refractivity contribution is -0.245. The van der Waals surface area contributed by atoms with Crippen molar-refractivity contribution in [2.45, 2.75) is 30.6 Å². The van der Waals surface area contributed by atoms with Crippen LogP contribution in [0.4, 0.5) is 5.69 Å². The molecule has 1 saturated heterocycles. The molecule has 0 radical (unpaired) electrons. The van der Waals surface area contributed by atoms with E-state index in [9.17, 15) is 20.1 Å². The highest BCUT2D eigenvalue weighted by molar-refractivity contribution is 14.1. The standard InChI is InChI=1S/C15H16INO7/c16-8-4-11(19)23-9-3-6(1-2-7(8)9)17-12-14(21)13(20)10(5-18)24-15(12)22/h1-4,10,12-15,17-18,20-22H,5H2/t10?,12?,13-,14-,15?/m1/s1. The Kier molecular flexibility index (Phi) is 5.08. The van der Waals surface area contributed by atoms with Crippen LogP contribution in [0.15, 0.2) is 33.5 Å². The molecule has 0 spiro atoms. The number of aliphatic hydroxyl groups excluding tert-OH is 4. The van der Waals surface area contributed by atoms with Crippen LogP contribution < -0.4 is 10.9 Å². The van der Waals surface area contributed by atoms with E-state index in [0.29, 0.717) is 11.3 Å². The van der Waals surface area contributed by atoms with Crippen LogP contribution in [-0.4, -0.2) is 57.7 Å². The van der Waals surface area contributed by atoms with E-state index in [1.54, 1.807) is 18.2 Å². The van der Waals surface area contributed by atoms with Crippen LogP contribution in [0, 0.1) is 3.57 Å². The summed E-state index contributed by atoms with van der Waals surface area (Å²) >= 11 is 2.03. The quantitative estimate of drug-likeness (QED) is 0.316. The highest BCUT2D eigenvalue weighted by atomic mass is 127. The van der Waals surface area contributed by atoms with Crippen molar-refractivity contribution in [3.63, 3.8) is 0 Å². The number of anilines is 1. The molecule has 1 aliphatic rings. The third-order valence-corrected chi connectivity index (χ3v) is 4.82. The Hall–Kier alpha value is -1.24. The Balaban J connectivity index is 1.88. The van der Waals surface area contributed by atoms with Crippen molar-refractivity contribution < 1.29 is 29.6 Å². The first-order chi connectivity index (χ1) is 11.4. The van der Waals surface area contributed by atoms with Crippen LogP contribution >= 0.6 is 22.6 Å². The van der Waals surface area contributed by atoms with Crippen molar-refractivity contribution in [1.29, 1.82) is 0 Å². The molecule has 0 aliphatic carbocycles. The van der Waals surface area contributed by atoms with Crippen molar-refractivity contribution in [3.8, 4) is 0 Å². The normalized spacial score (nSPS) is 30.5. The summed E-state index contributed by atoms with van der Waals surface area (Å²) in [5.41, 5.74) is 0.340. The lowest BCUT2D eigenvalue weighted by atomic mass is 9.97. The van der Waals surface area contributed by atoms with Gasteiger partial charge in [0.25, 0.3) is 0 Å². The van der Waals surface area contributed by atoms with E-state index in [4.69, 9.17) is 14.3 Å². The predicted octanol–water partition coefficient (Wildman–Crippen LogP) is -0.391. The van der Waals surface area contributed by atoms with Gasteiger partial charge in [-0.25, -0.2) is 4.79 Å². The average Bonchev–Trinajstić information content (AvgIpc) is 2.54. The van der Waals surface area contributed by atoms with Crippen LogP contribution in [0.5, 0.6) is 0 Å². The molecule has 5 N–H and O–H groups in total. The summed E-state index contributed by atoms with van der Waals surface area (Å²) in [6.45, 7) is -0.526. The van der Waals surface area contributed by atoms with Crippen LogP contribution in [-0.2, 0) is 4.74 Å². The van der Waals surface area contributed by atoms with E-state index in [0.717, 1.165) is 8.96 Å². The summed E-state index contributed by atoms with van der Waals surface area (Å²) in [4.78, 5) is 11.5. The molecule has 1 aromatic carbocycles. The molecule has 0 saturated carbocycles. The Labute approximate surface area is 149 Å². The average molecular weight is 449 g/mol. The minimum absolute atomic E-state index is 0.353. The first-order valence-corrected chi connectivity index (χ1v) is 8.29. The molecular weight excluding hydrogens is 433 g/mol. The number of nitrogens with one attached hydrogen (secondary N) is 1. The van der Waals surface area contributed by atoms with Crippen LogP contribution in [0.3, 0.4) is 0 Å². The van der Waals surface area contributed by atoms with E-state index in [2.05, 4.69) is 5.32 Å². The maximum atomic E-state index is 11.5. The van der Waals surface area contributed by atoms with E-state index in [1.165, 1.54) is 6.07 Å². The second-order valence-corrected chi connectivity index (χ2v) is 6.69. The number of rotatable bonds is 3. The van der Waals surface area contributed by atoms with Gasteiger partial charge in [0.15, 0.2) is 6.29 Å².